The van der Waals surface area contributed by atoms with E-state index in [0.717, 1.165) is 0 Å². The minimum Gasteiger partial charge on any atom is -0.481 e. The number of aliphatic hydroxyl groups excluding tert-OH is 1. The van der Waals surface area contributed by atoms with Gasteiger partial charge in [0, 0.05) is 30.1 Å². The summed E-state index contributed by atoms with van der Waals surface area (Å²) in [5.41, 5.74) is 8.23. The fourth-order valence-corrected chi connectivity index (χ4v) is 3.86. The Hall–Kier alpha value is -3.76. The predicted molar refractivity (Wildman–Crippen MR) is 125 cm³/mol. The highest BCUT2D eigenvalue weighted by Gasteiger charge is 2.38. The Morgan fingerprint density at radius 3 is 2.82 bits per heavy atom. The molecule has 3 rings (SSSR count). The van der Waals surface area contributed by atoms with Crippen molar-refractivity contribution in [3.63, 3.8) is 0 Å². The van der Waals surface area contributed by atoms with Crippen molar-refractivity contribution in [2.24, 2.45) is 5.73 Å². The highest BCUT2D eigenvalue weighted by atomic mass is 16.5. The third kappa shape index (κ3) is 5.97. The van der Waals surface area contributed by atoms with E-state index in [1.807, 2.05) is 0 Å². The van der Waals surface area contributed by atoms with Gasteiger partial charge in [-0.2, -0.15) is 0 Å². The third-order valence-corrected chi connectivity index (χ3v) is 5.48. The molecule has 0 spiro atoms. The fraction of sp³-hybridized carbons (Fsp3) is 0.333. The number of carboxylic acid groups (broad SMARTS) is 1. The van der Waals surface area contributed by atoms with Gasteiger partial charge in [-0.15, -0.1) is 0 Å². The molecule has 0 bridgehead atoms. The number of hydrogen-bond acceptors (Lipinski definition) is 6. The Kier molecular flexibility index (Phi) is 7.98. The summed E-state index contributed by atoms with van der Waals surface area (Å²) in [6, 6.07) is 6.58. The molecular weight excluding hydrogens is 440 g/mol. The Balaban J connectivity index is 1.75. The number of hydrogen-bond donors (Lipinski definition) is 5. The lowest BCUT2D eigenvalue weighted by atomic mass is 10.1. The SMILES string of the molecule is CC1=CC(NC(=O)[C@H](O)[C@H]2OCCCN(c3cccc(CC(=O)O)c3)C2=O)=CCC=C1C(=N)N. The molecule has 1 heterocycles. The molecule has 6 N–H and O–H groups in total. The van der Waals surface area contributed by atoms with E-state index in [0.29, 0.717) is 47.5 Å². The Morgan fingerprint density at radius 1 is 1.35 bits per heavy atom. The molecule has 10 nitrogen and oxygen atoms in total. The molecule has 2 amide bonds. The standard InChI is InChI=1S/C24H28N4O6/c1-14-11-16(6-3-8-18(14)22(25)26)27-23(32)20(31)21-24(33)28(9-4-10-34-21)17-7-2-5-15(12-17)13-19(29)30/h2,5-8,11-12,20-21,31H,3-4,9-10,13H2,1H3,(H3,25,26)(H,27,32)(H,29,30)/t20-,21-/m1/s1. The van der Waals surface area contributed by atoms with Crippen LogP contribution in [-0.2, 0) is 25.5 Å². The lowest BCUT2D eigenvalue weighted by Gasteiger charge is -2.26. The van der Waals surface area contributed by atoms with Crippen LogP contribution < -0.4 is 16.0 Å². The quantitative estimate of drug-likeness (QED) is 0.294. The van der Waals surface area contributed by atoms with Crippen molar-refractivity contribution in [2.45, 2.75) is 38.4 Å². The van der Waals surface area contributed by atoms with Gasteiger partial charge >= 0.3 is 5.97 Å². The van der Waals surface area contributed by atoms with Crippen molar-refractivity contribution in [2.75, 3.05) is 18.1 Å². The number of carboxylic acids is 1. The highest BCUT2D eigenvalue weighted by Crippen LogP contribution is 2.23. The average molecular weight is 469 g/mol. The van der Waals surface area contributed by atoms with Gasteiger partial charge in [0.2, 0.25) is 0 Å². The summed E-state index contributed by atoms with van der Waals surface area (Å²) in [6.07, 6.45) is 2.63. The first-order valence-corrected chi connectivity index (χ1v) is 10.8. The smallest absolute Gasteiger partial charge is 0.307 e. The van der Waals surface area contributed by atoms with Crippen LogP contribution in [0.4, 0.5) is 5.69 Å². The molecule has 0 radical (unpaired) electrons. The van der Waals surface area contributed by atoms with E-state index in [2.05, 4.69) is 5.32 Å². The van der Waals surface area contributed by atoms with Crippen LogP contribution in [0.3, 0.4) is 0 Å². The number of anilines is 1. The molecule has 1 aliphatic heterocycles. The van der Waals surface area contributed by atoms with Crippen molar-refractivity contribution in [1.29, 1.82) is 5.41 Å². The van der Waals surface area contributed by atoms with Gasteiger partial charge in [-0.05, 0) is 49.1 Å². The van der Waals surface area contributed by atoms with E-state index in [1.54, 1.807) is 49.4 Å². The molecule has 180 valence electrons. The normalized spacial score (nSPS) is 19.7. The van der Waals surface area contributed by atoms with Crippen molar-refractivity contribution in [3.05, 3.63) is 64.9 Å². The zero-order valence-corrected chi connectivity index (χ0v) is 18.8. The number of ether oxygens (including phenoxy) is 1. The number of allylic oxidation sites excluding steroid dienone is 3. The molecule has 0 unspecified atom stereocenters. The van der Waals surface area contributed by atoms with Crippen LogP contribution in [0.5, 0.6) is 0 Å². The second kappa shape index (κ2) is 10.9. The highest BCUT2D eigenvalue weighted by molar-refractivity contribution is 6.01. The zero-order chi connectivity index (χ0) is 24.8. The van der Waals surface area contributed by atoms with Crippen LogP contribution in [0.2, 0.25) is 0 Å². The van der Waals surface area contributed by atoms with Crippen molar-refractivity contribution in [1.82, 2.24) is 5.32 Å². The summed E-state index contributed by atoms with van der Waals surface area (Å²) in [5, 5.41) is 30.0. The van der Waals surface area contributed by atoms with Crippen LogP contribution in [-0.4, -0.2) is 59.2 Å². The predicted octanol–water partition coefficient (Wildman–Crippen LogP) is 1.01. The van der Waals surface area contributed by atoms with Crippen molar-refractivity contribution < 1.29 is 29.3 Å². The number of amidine groups is 1. The van der Waals surface area contributed by atoms with Gasteiger partial charge in [-0.25, -0.2) is 0 Å². The number of aliphatic hydroxyl groups is 1. The summed E-state index contributed by atoms with van der Waals surface area (Å²) in [6.45, 7) is 2.22. The van der Waals surface area contributed by atoms with E-state index >= 15 is 0 Å². The van der Waals surface area contributed by atoms with Gasteiger partial charge in [0.25, 0.3) is 11.8 Å². The maximum absolute atomic E-state index is 13.2. The molecule has 1 saturated heterocycles. The van der Waals surface area contributed by atoms with Crippen molar-refractivity contribution in [3.8, 4) is 0 Å². The summed E-state index contributed by atoms with van der Waals surface area (Å²) in [5.74, 6) is -2.47. The Labute approximate surface area is 196 Å². The molecular formula is C24H28N4O6. The Morgan fingerprint density at radius 2 is 2.12 bits per heavy atom. The number of rotatable bonds is 7. The number of benzene rings is 1. The number of aliphatic carboxylic acids is 1. The number of nitrogens with zero attached hydrogens (tertiary/aromatic N) is 1. The molecule has 1 fully saturated rings. The molecule has 1 aromatic carbocycles. The molecule has 10 heteroatoms. The summed E-state index contributed by atoms with van der Waals surface area (Å²) in [7, 11) is 0. The summed E-state index contributed by atoms with van der Waals surface area (Å²) >= 11 is 0. The van der Waals surface area contributed by atoms with Gasteiger partial charge < -0.3 is 30.9 Å². The molecule has 2 atom stereocenters. The topological polar surface area (TPSA) is 166 Å². The maximum atomic E-state index is 13.2. The lowest BCUT2D eigenvalue weighted by molar-refractivity contribution is -0.147. The van der Waals surface area contributed by atoms with Crippen LogP contribution in [0.15, 0.2) is 59.3 Å². The molecule has 34 heavy (non-hydrogen) atoms. The monoisotopic (exact) mass is 468 g/mol. The zero-order valence-electron chi connectivity index (χ0n) is 18.8. The lowest BCUT2D eigenvalue weighted by Crippen LogP contribution is -2.50. The van der Waals surface area contributed by atoms with Crippen molar-refractivity contribution >= 4 is 29.3 Å². The van der Waals surface area contributed by atoms with Gasteiger partial charge in [-0.3, -0.25) is 19.8 Å². The molecule has 0 aromatic heterocycles. The molecule has 0 saturated carbocycles. The molecule has 2 aliphatic rings. The number of carbonyl (C=O) groups excluding carboxylic acids is 2. The number of nitrogens with two attached hydrogens (primary N) is 1. The van der Waals surface area contributed by atoms with E-state index in [4.69, 9.17) is 21.0 Å². The van der Waals surface area contributed by atoms with E-state index in [9.17, 15) is 19.5 Å². The van der Waals surface area contributed by atoms with E-state index < -0.39 is 30.0 Å². The minimum absolute atomic E-state index is 0.0836. The minimum atomic E-state index is -1.77. The Bertz CT molecular complexity index is 1090. The van der Waals surface area contributed by atoms with Crippen LogP contribution in [0.25, 0.3) is 0 Å². The van der Waals surface area contributed by atoms with Gasteiger partial charge in [0.15, 0.2) is 12.2 Å². The number of nitrogens with one attached hydrogen (secondary N) is 2. The second-order valence-corrected chi connectivity index (χ2v) is 8.06. The maximum Gasteiger partial charge on any atom is 0.307 e. The summed E-state index contributed by atoms with van der Waals surface area (Å²) in [4.78, 5) is 38.4. The van der Waals surface area contributed by atoms with Crippen LogP contribution in [0, 0.1) is 5.41 Å². The number of amides is 2. The second-order valence-electron chi connectivity index (χ2n) is 8.06. The fourth-order valence-electron chi connectivity index (χ4n) is 3.86. The largest absolute Gasteiger partial charge is 0.481 e. The first-order valence-electron chi connectivity index (χ1n) is 10.8. The first kappa shape index (κ1) is 24.9. The third-order valence-electron chi connectivity index (χ3n) is 5.48. The first-order chi connectivity index (χ1) is 16.2. The van der Waals surface area contributed by atoms with Crippen LogP contribution >= 0.6 is 0 Å². The molecule has 1 aromatic rings. The van der Waals surface area contributed by atoms with Gasteiger partial charge in [0.1, 0.15) is 5.84 Å². The van der Waals surface area contributed by atoms with Gasteiger partial charge in [0.05, 0.1) is 6.42 Å². The van der Waals surface area contributed by atoms with Gasteiger partial charge in [-0.1, -0.05) is 24.3 Å². The van der Waals surface area contributed by atoms with Crippen LogP contribution in [0.1, 0.15) is 25.3 Å². The van der Waals surface area contributed by atoms with E-state index in [1.165, 1.54) is 4.90 Å². The van der Waals surface area contributed by atoms with E-state index in [-0.39, 0.29) is 18.9 Å². The average Bonchev–Trinajstić information content (AvgIpc) is 3.08. The summed E-state index contributed by atoms with van der Waals surface area (Å²) < 4.78 is 5.54. The molecule has 1 aliphatic carbocycles. The number of carbonyl (C=O) groups is 3.